The Balaban J connectivity index is 3.14. The molecule has 0 aromatic rings. The monoisotopic (exact) mass is 185 g/mol. The van der Waals surface area contributed by atoms with Crippen LogP contribution in [-0.4, -0.2) is 16.6 Å². The molecule has 76 valence electrons. The summed E-state index contributed by atoms with van der Waals surface area (Å²) in [6, 6.07) is 0. The van der Waals surface area contributed by atoms with Gasteiger partial charge >= 0.3 is 5.97 Å². The lowest BCUT2D eigenvalue weighted by Crippen LogP contribution is -2.53. The number of carbonyl (C=O) groups is 1. The summed E-state index contributed by atoms with van der Waals surface area (Å²) >= 11 is 0. The van der Waals surface area contributed by atoms with Crippen LogP contribution in [0, 0.1) is 10.8 Å². The predicted octanol–water partition coefficient (Wildman–Crippen LogP) is 1.61. The molecular formula is C10H19NO2. The fourth-order valence-electron chi connectivity index (χ4n) is 2.14. The van der Waals surface area contributed by atoms with Gasteiger partial charge in [-0.2, -0.15) is 0 Å². The molecule has 0 saturated heterocycles. The van der Waals surface area contributed by atoms with Crippen LogP contribution >= 0.6 is 0 Å². The zero-order chi connectivity index (χ0) is 10.5. The standard InChI is InChI=1S/C10H19NO2/c1-8(2)9(3,7(12)13)5-6-10(8,4)11/h5-6,11H2,1-4H3,(H,12,13)/t9-,10+/m1/s1. The molecule has 0 aliphatic heterocycles. The highest BCUT2D eigenvalue weighted by molar-refractivity contribution is 5.76. The Labute approximate surface area is 79.3 Å². The van der Waals surface area contributed by atoms with Crippen LogP contribution in [0.5, 0.6) is 0 Å². The van der Waals surface area contributed by atoms with Crippen LogP contribution in [0.2, 0.25) is 0 Å². The molecule has 1 aliphatic carbocycles. The van der Waals surface area contributed by atoms with Crippen LogP contribution in [0.3, 0.4) is 0 Å². The Morgan fingerprint density at radius 2 is 1.69 bits per heavy atom. The van der Waals surface area contributed by atoms with E-state index in [0.717, 1.165) is 6.42 Å². The second-order valence-corrected chi connectivity index (χ2v) is 5.18. The van der Waals surface area contributed by atoms with Crippen molar-refractivity contribution < 1.29 is 9.90 Å². The van der Waals surface area contributed by atoms with Crippen molar-refractivity contribution in [1.82, 2.24) is 0 Å². The summed E-state index contributed by atoms with van der Waals surface area (Å²) in [7, 11) is 0. The number of carboxylic acid groups (broad SMARTS) is 1. The molecule has 3 heteroatoms. The average molecular weight is 185 g/mol. The Morgan fingerprint density at radius 1 is 1.23 bits per heavy atom. The van der Waals surface area contributed by atoms with Crippen LogP contribution in [-0.2, 0) is 4.79 Å². The minimum Gasteiger partial charge on any atom is -0.481 e. The molecule has 0 bridgehead atoms. The molecule has 0 radical (unpaired) electrons. The average Bonchev–Trinajstić information content (AvgIpc) is 2.12. The van der Waals surface area contributed by atoms with Crippen molar-refractivity contribution in [2.75, 3.05) is 0 Å². The maximum Gasteiger partial charge on any atom is 0.309 e. The van der Waals surface area contributed by atoms with Gasteiger partial charge in [-0.1, -0.05) is 13.8 Å². The van der Waals surface area contributed by atoms with E-state index in [0.29, 0.717) is 6.42 Å². The zero-order valence-corrected chi connectivity index (χ0v) is 8.85. The normalized spacial score (nSPS) is 43.5. The van der Waals surface area contributed by atoms with Crippen LogP contribution in [0.1, 0.15) is 40.5 Å². The summed E-state index contributed by atoms with van der Waals surface area (Å²) in [5.41, 5.74) is 4.69. The largest absolute Gasteiger partial charge is 0.481 e. The number of aliphatic carboxylic acids is 1. The smallest absolute Gasteiger partial charge is 0.309 e. The van der Waals surface area contributed by atoms with E-state index in [4.69, 9.17) is 5.73 Å². The molecule has 0 aromatic heterocycles. The van der Waals surface area contributed by atoms with Crippen LogP contribution in [0.15, 0.2) is 0 Å². The number of hydrogen-bond donors (Lipinski definition) is 2. The maximum atomic E-state index is 11.2. The van der Waals surface area contributed by atoms with Crippen LogP contribution in [0.4, 0.5) is 0 Å². The molecule has 0 aromatic carbocycles. The second kappa shape index (κ2) is 2.47. The van der Waals surface area contributed by atoms with Crippen molar-refractivity contribution in [1.29, 1.82) is 0 Å². The van der Waals surface area contributed by atoms with Gasteiger partial charge in [0.05, 0.1) is 5.41 Å². The van der Waals surface area contributed by atoms with Gasteiger partial charge in [-0.05, 0) is 32.1 Å². The molecule has 0 amide bonds. The summed E-state index contributed by atoms with van der Waals surface area (Å²) < 4.78 is 0. The lowest BCUT2D eigenvalue weighted by Gasteiger charge is -2.42. The van der Waals surface area contributed by atoms with E-state index in [9.17, 15) is 9.90 Å². The third-order valence-corrected chi connectivity index (χ3v) is 4.42. The summed E-state index contributed by atoms with van der Waals surface area (Å²) in [6.07, 6.45) is 1.45. The lowest BCUT2D eigenvalue weighted by molar-refractivity contribution is -0.154. The minimum absolute atomic E-state index is 0.355. The van der Waals surface area contributed by atoms with Gasteiger partial charge in [-0.3, -0.25) is 4.79 Å². The molecule has 0 heterocycles. The fraction of sp³-hybridized carbons (Fsp3) is 0.900. The van der Waals surface area contributed by atoms with Crippen molar-refractivity contribution >= 4 is 5.97 Å². The van der Waals surface area contributed by atoms with Gasteiger partial charge in [0.15, 0.2) is 0 Å². The summed E-state index contributed by atoms with van der Waals surface area (Å²) in [4.78, 5) is 11.2. The van der Waals surface area contributed by atoms with Crippen molar-refractivity contribution in [3.63, 3.8) is 0 Å². The Morgan fingerprint density at radius 3 is 1.85 bits per heavy atom. The van der Waals surface area contributed by atoms with Gasteiger partial charge in [-0.15, -0.1) is 0 Å². The van der Waals surface area contributed by atoms with Gasteiger partial charge in [0.1, 0.15) is 0 Å². The van der Waals surface area contributed by atoms with Gasteiger partial charge in [-0.25, -0.2) is 0 Å². The van der Waals surface area contributed by atoms with Crippen LogP contribution in [0.25, 0.3) is 0 Å². The summed E-state index contributed by atoms with van der Waals surface area (Å²) in [5, 5.41) is 9.18. The van der Waals surface area contributed by atoms with E-state index >= 15 is 0 Å². The molecule has 13 heavy (non-hydrogen) atoms. The van der Waals surface area contributed by atoms with E-state index < -0.39 is 11.4 Å². The first-order valence-electron chi connectivity index (χ1n) is 4.67. The number of hydrogen-bond acceptors (Lipinski definition) is 2. The molecule has 1 rings (SSSR count). The quantitative estimate of drug-likeness (QED) is 0.652. The Bertz CT molecular complexity index is 245. The van der Waals surface area contributed by atoms with Gasteiger partial charge in [0.2, 0.25) is 0 Å². The summed E-state index contributed by atoms with van der Waals surface area (Å²) in [6.45, 7) is 7.65. The number of nitrogens with two attached hydrogens (primary N) is 1. The second-order valence-electron chi connectivity index (χ2n) is 5.18. The first kappa shape index (κ1) is 10.5. The first-order chi connectivity index (χ1) is 5.65. The topological polar surface area (TPSA) is 63.3 Å². The molecule has 1 aliphatic rings. The molecular weight excluding hydrogens is 166 g/mol. The molecule has 1 fully saturated rings. The van der Waals surface area contributed by atoms with E-state index in [1.807, 2.05) is 20.8 Å². The Kier molecular flexibility index (Phi) is 2.00. The van der Waals surface area contributed by atoms with Gasteiger partial charge in [0.25, 0.3) is 0 Å². The maximum absolute atomic E-state index is 11.2. The van der Waals surface area contributed by atoms with Crippen molar-refractivity contribution in [3.05, 3.63) is 0 Å². The minimum atomic E-state index is -0.730. The van der Waals surface area contributed by atoms with E-state index in [1.165, 1.54) is 0 Å². The number of carboxylic acids is 1. The van der Waals surface area contributed by atoms with E-state index in [1.54, 1.807) is 6.92 Å². The highest BCUT2D eigenvalue weighted by Gasteiger charge is 2.60. The van der Waals surface area contributed by atoms with Gasteiger partial charge in [0, 0.05) is 5.54 Å². The van der Waals surface area contributed by atoms with Crippen molar-refractivity contribution in [3.8, 4) is 0 Å². The molecule has 0 spiro atoms. The SMILES string of the molecule is CC1(C)[C@@](C)(N)CC[C@]1(C)C(=O)O. The Hall–Kier alpha value is -0.570. The molecule has 0 unspecified atom stereocenters. The van der Waals surface area contributed by atoms with Gasteiger partial charge < -0.3 is 10.8 Å². The van der Waals surface area contributed by atoms with Crippen LogP contribution < -0.4 is 5.73 Å². The first-order valence-corrected chi connectivity index (χ1v) is 4.67. The van der Waals surface area contributed by atoms with Crippen molar-refractivity contribution in [2.24, 2.45) is 16.6 Å². The van der Waals surface area contributed by atoms with E-state index in [2.05, 4.69) is 0 Å². The number of rotatable bonds is 1. The third-order valence-electron chi connectivity index (χ3n) is 4.42. The molecule has 3 nitrogen and oxygen atoms in total. The molecule has 2 atom stereocenters. The van der Waals surface area contributed by atoms with E-state index in [-0.39, 0.29) is 11.0 Å². The fourth-order valence-corrected chi connectivity index (χ4v) is 2.14. The highest BCUT2D eigenvalue weighted by atomic mass is 16.4. The zero-order valence-electron chi connectivity index (χ0n) is 8.85. The predicted molar refractivity (Wildman–Crippen MR) is 51.4 cm³/mol. The molecule has 1 saturated carbocycles. The highest BCUT2D eigenvalue weighted by Crippen LogP contribution is 2.56. The third kappa shape index (κ3) is 1.10. The van der Waals surface area contributed by atoms with Crippen molar-refractivity contribution in [2.45, 2.75) is 46.1 Å². The lowest BCUT2D eigenvalue weighted by atomic mass is 9.63. The summed E-state index contributed by atoms with van der Waals surface area (Å²) in [5.74, 6) is -0.730. The molecule has 3 N–H and O–H groups in total.